The van der Waals surface area contributed by atoms with Crippen LogP contribution in [0.15, 0.2) is 60.7 Å². The van der Waals surface area contributed by atoms with Crippen LogP contribution in [0.25, 0.3) is 0 Å². The van der Waals surface area contributed by atoms with E-state index in [1.165, 1.54) is 0 Å². The van der Waals surface area contributed by atoms with Crippen LogP contribution in [0.1, 0.15) is 16.7 Å². The number of amides is 1. The summed E-state index contributed by atoms with van der Waals surface area (Å²) in [4.78, 5) is 12.3. The Hall–Kier alpha value is -3.18. The molecule has 0 atom stereocenters. The first kappa shape index (κ1) is 21.5. The maximum absolute atomic E-state index is 12.3. The Kier molecular flexibility index (Phi) is 7.20. The van der Waals surface area contributed by atoms with Gasteiger partial charge in [0, 0.05) is 12.2 Å². The molecule has 0 unspecified atom stereocenters. The summed E-state index contributed by atoms with van der Waals surface area (Å²) in [6.07, 6.45) is 0. The summed E-state index contributed by atoms with van der Waals surface area (Å²) in [7, 11) is 1.57. The number of carbonyl (C=O) groups is 1. The Morgan fingerprint density at radius 2 is 1.77 bits per heavy atom. The summed E-state index contributed by atoms with van der Waals surface area (Å²) >= 11 is 6.18. The molecule has 3 aromatic rings. The number of aryl methyl sites for hydroxylation is 2. The number of halogens is 1. The van der Waals surface area contributed by atoms with Gasteiger partial charge in [-0.05, 0) is 60.9 Å². The zero-order valence-corrected chi connectivity index (χ0v) is 18.0. The van der Waals surface area contributed by atoms with Crippen molar-refractivity contribution in [1.82, 2.24) is 0 Å². The number of hydrogen-bond acceptors (Lipinski definition) is 4. The molecule has 1 amide bonds. The SMILES string of the molecule is COc1cc(CNc2ccccc2Cl)ccc1OCC(=O)Nc1cc(C)ccc1C. The second-order valence-corrected chi connectivity index (χ2v) is 7.38. The predicted octanol–water partition coefficient (Wildman–Crippen LogP) is 5.60. The topological polar surface area (TPSA) is 59.6 Å². The highest BCUT2D eigenvalue weighted by atomic mass is 35.5. The lowest BCUT2D eigenvalue weighted by molar-refractivity contribution is -0.118. The van der Waals surface area contributed by atoms with Crippen LogP contribution in [0.3, 0.4) is 0 Å². The van der Waals surface area contributed by atoms with Gasteiger partial charge >= 0.3 is 0 Å². The number of nitrogens with one attached hydrogen (secondary N) is 2. The normalized spacial score (nSPS) is 10.4. The first-order valence-corrected chi connectivity index (χ1v) is 9.99. The third-order valence-corrected chi connectivity index (χ3v) is 4.94. The van der Waals surface area contributed by atoms with E-state index in [1.54, 1.807) is 13.2 Å². The average molecular weight is 425 g/mol. The minimum absolute atomic E-state index is 0.110. The van der Waals surface area contributed by atoms with Crippen LogP contribution in [0.4, 0.5) is 11.4 Å². The Morgan fingerprint density at radius 1 is 0.967 bits per heavy atom. The van der Waals surface area contributed by atoms with Gasteiger partial charge in [-0.3, -0.25) is 4.79 Å². The smallest absolute Gasteiger partial charge is 0.262 e. The monoisotopic (exact) mass is 424 g/mol. The Morgan fingerprint density at radius 3 is 2.53 bits per heavy atom. The summed E-state index contributed by atoms with van der Waals surface area (Å²) in [6, 6.07) is 19.1. The van der Waals surface area contributed by atoms with E-state index in [-0.39, 0.29) is 12.5 Å². The van der Waals surface area contributed by atoms with Crippen molar-refractivity contribution in [2.45, 2.75) is 20.4 Å². The molecule has 0 saturated carbocycles. The number of rotatable bonds is 8. The fraction of sp³-hybridized carbons (Fsp3) is 0.208. The van der Waals surface area contributed by atoms with Gasteiger partial charge in [-0.1, -0.05) is 41.9 Å². The highest BCUT2D eigenvalue weighted by molar-refractivity contribution is 6.33. The molecular formula is C24H25ClN2O3. The van der Waals surface area contributed by atoms with Crippen molar-refractivity contribution in [3.8, 4) is 11.5 Å². The van der Waals surface area contributed by atoms with Crippen molar-refractivity contribution in [3.63, 3.8) is 0 Å². The van der Waals surface area contributed by atoms with E-state index in [1.807, 2.05) is 68.4 Å². The summed E-state index contributed by atoms with van der Waals surface area (Å²) in [5.41, 5.74) is 4.73. The maximum Gasteiger partial charge on any atom is 0.262 e. The van der Waals surface area contributed by atoms with Crippen molar-refractivity contribution in [1.29, 1.82) is 0 Å². The molecule has 0 heterocycles. The van der Waals surface area contributed by atoms with Gasteiger partial charge in [-0.25, -0.2) is 0 Å². The molecule has 30 heavy (non-hydrogen) atoms. The average Bonchev–Trinajstić information content (AvgIpc) is 2.74. The van der Waals surface area contributed by atoms with Crippen molar-refractivity contribution >= 4 is 28.9 Å². The van der Waals surface area contributed by atoms with E-state index in [4.69, 9.17) is 21.1 Å². The van der Waals surface area contributed by atoms with Crippen LogP contribution in [-0.2, 0) is 11.3 Å². The van der Waals surface area contributed by atoms with E-state index in [0.29, 0.717) is 23.1 Å². The summed E-state index contributed by atoms with van der Waals surface area (Å²) in [5, 5.41) is 6.85. The number of ether oxygens (including phenoxy) is 2. The van der Waals surface area contributed by atoms with Gasteiger partial charge in [-0.2, -0.15) is 0 Å². The first-order chi connectivity index (χ1) is 14.5. The zero-order chi connectivity index (χ0) is 21.5. The third kappa shape index (κ3) is 5.67. The second-order valence-electron chi connectivity index (χ2n) is 6.97. The lowest BCUT2D eigenvalue weighted by Gasteiger charge is -2.14. The number of benzene rings is 3. The quantitative estimate of drug-likeness (QED) is 0.494. The highest BCUT2D eigenvalue weighted by Gasteiger charge is 2.10. The molecule has 0 aromatic heterocycles. The minimum Gasteiger partial charge on any atom is -0.493 e. The van der Waals surface area contributed by atoms with Crippen molar-refractivity contribution < 1.29 is 14.3 Å². The number of carbonyl (C=O) groups excluding carboxylic acids is 1. The van der Waals surface area contributed by atoms with Gasteiger partial charge in [0.1, 0.15) is 0 Å². The van der Waals surface area contributed by atoms with Crippen molar-refractivity contribution in [2.24, 2.45) is 0 Å². The highest BCUT2D eigenvalue weighted by Crippen LogP contribution is 2.29. The van der Waals surface area contributed by atoms with Gasteiger partial charge in [0.15, 0.2) is 18.1 Å². The minimum atomic E-state index is -0.227. The number of para-hydroxylation sites is 1. The molecule has 5 nitrogen and oxygen atoms in total. The lowest BCUT2D eigenvalue weighted by Crippen LogP contribution is -2.21. The summed E-state index contributed by atoms with van der Waals surface area (Å²) in [6.45, 7) is 4.40. The summed E-state index contributed by atoms with van der Waals surface area (Å²) in [5.74, 6) is 0.846. The van der Waals surface area contributed by atoms with E-state index in [0.717, 1.165) is 28.1 Å². The van der Waals surface area contributed by atoms with Gasteiger partial charge < -0.3 is 20.1 Å². The molecule has 0 aliphatic carbocycles. The lowest BCUT2D eigenvalue weighted by atomic mass is 10.1. The largest absolute Gasteiger partial charge is 0.493 e. The van der Waals surface area contributed by atoms with Gasteiger partial charge in [0.25, 0.3) is 5.91 Å². The first-order valence-electron chi connectivity index (χ1n) is 9.61. The van der Waals surface area contributed by atoms with Crippen LogP contribution in [-0.4, -0.2) is 19.6 Å². The molecule has 156 valence electrons. The van der Waals surface area contributed by atoms with Crippen LogP contribution in [0.2, 0.25) is 5.02 Å². The maximum atomic E-state index is 12.3. The Labute approximate surface area is 182 Å². The standard InChI is InChI=1S/C24H25ClN2O3/c1-16-8-9-17(2)21(12-16)27-24(28)15-30-22-11-10-18(13-23(22)29-3)14-26-20-7-5-4-6-19(20)25/h4-13,26H,14-15H2,1-3H3,(H,27,28). The fourth-order valence-electron chi connectivity index (χ4n) is 2.94. The molecule has 0 radical (unpaired) electrons. The Bertz CT molecular complexity index is 1040. The predicted molar refractivity (Wildman–Crippen MR) is 122 cm³/mol. The van der Waals surface area contributed by atoms with Gasteiger partial charge in [0.2, 0.25) is 0 Å². The van der Waals surface area contributed by atoms with E-state index >= 15 is 0 Å². The molecule has 3 rings (SSSR count). The summed E-state index contributed by atoms with van der Waals surface area (Å²) < 4.78 is 11.1. The number of hydrogen-bond donors (Lipinski definition) is 2. The number of methoxy groups -OCH3 is 1. The van der Waals surface area contributed by atoms with E-state index in [2.05, 4.69) is 10.6 Å². The van der Waals surface area contributed by atoms with Gasteiger partial charge in [-0.15, -0.1) is 0 Å². The second kappa shape index (κ2) is 10.0. The molecule has 0 aliphatic heterocycles. The van der Waals surface area contributed by atoms with Crippen molar-refractivity contribution in [2.75, 3.05) is 24.4 Å². The van der Waals surface area contributed by atoms with Crippen LogP contribution >= 0.6 is 11.6 Å². The molecule has 3 aromatic carbocycles. The Balaban J connectivity index is 1.60. The molecule has 0 fully saturated rings. The molecule has 0 saturated heterocycles. The fourth-order valence-corrected chi connectivity index (χ4v) is 3.15. The van der Waals surface area contributed by atoms with Crippen LogP contribution in [0.5, 0.6) is 11.5 Å². The molecular weight excluding hydrogens is 400 g/mol. The van der Waals surface area contributed by atoms with E-state index < -0.39 is 0 Å². The molecule has 2 N–H and O–H groups in total. The third-order valence-electron chi connectivity index (χ3n) is 4.61. The van der Waals surface area contributed by atoms with Gasteiger partial charge in [0.05, 0.1) is 17.8 Å². The molecule has 6 heteroatoms. The molecule has 0 aliphatic rings. The number of anilines is 2. The molecule has 0 bridgehead atoms. The zero-order valence-electron chi connectivity index (χ0n) is 17.3. The van der Waals surface area contributed by atoms with Crippen LogP contribution < -0.4 is 20.1 Å². The van der Waals surface area contributed by atoms with Crippen LogP contribution in [0, 0.1) is 13.8 Å². The van der Waals surface area contributed by atoms with E-state index in [9.17, 15) is 4.79 Å². The molecule has 0 spiro atoms. The van der Waals surface area contributed by atoms with Crippen molar-refractivity contribution in [3.05, 3.63) is 82.4 Å².